The van der Waals surface area contributed by atoms with Crippen molar-refractivity contribution in [3.63, 3.8) is 0 Å². The van der Waals surface area contributed by atoms with Gasteiger partial charge in [-0.05, 0) is 24.1 Å². The molecule has 0 saturated heterocycles. The molecule has 92 valence electrons. The molecule has 2 rings (SSSR count). The van der Waals surface area contributed by atoms with E-state index < -0.39 is 0 Å². The van der Waals surface area contributed by atoms with Gasteiger partial charge in [0, 0.05) is 17.5 Å². The highest BCUT2D eigenvalue weighted by molar-refractivity contribution is 5.81. The highest BCUT2D eigenvalue weighted by Gasteiger charge is 2.05. The van der Waals surface area contributed by atoms with Crippen molar-refractivity contribution in [1.82, 2.24) is 0 Å². The van der Waals surface area contributed by atoms with Gasteiger partial charge in [0.1, 0.15) is 17.9 Å². The minimum absolute atomic E-state index is 0.361. The van der Waals surface area contributed by atoms with E-state index in [-0.39, 0.29) is 5.63 Å². The van der Waals surface area contributed by atoms with Crippen molar-refractivity contribution in [1.29, 1.82) is 0 Å². The van der Waals surface area contributed by atoms with Crippen molar-refractivity contribution in [3.05, 3.63) is 65.6 Å². The van der Waals surface area contributed by atoms with Crippen LogP contribution in [0.15, 0.2) is 58.8 Å². The first-order valence-corrected chi connectivity index (χ1v) is 5.66. The molecule has 0 aliphatic carbocycles. The van der Waals surface area contributed by atoms with Gasteiger partial charge < -0.3 is 9.15 Å². The molecular weight excluding hydrogens is 228 g/mol. The van der Waals surface area contributed by atoms with E-state index in [9.17, 15) is 4.79 Å². The standard InChI is InChI=1S/C15H14O3/c1-3-5-11-9-15(16)18-14-10-12(17-8-4-2)6-7-13(11)14/h3-4,6-7,9-10H,1-2,5,8H2. The van der Waals surface area contributed by atoms with Gasteiger partial charge >= 0.3 is 5.63 Å². The molecule has 2 aromatic rings. The fourth-order valence-corrected chi connectivity index (χ4v) is 1.78. The van der Waals surface area contributed by atoms with E-state index in [0.717, 1.165) is 10.9 Å². The molecule has 0 saturated carbocycles. The van der Waals surface area contributed by atoms with Crippen LogP contribution in [0.3, 0.4) is 0 Å². The molecule has 1 aromatic carbocycles. The molecule has 18 heavy (non-hydrogen) atoms. The lowest BCUT2D eigenvalue weighted by molar-refractivity contribution is 0.363. The zero-order valence-electron chi connectivity index (χ0n) is 10.0. The number of benzene rings is 1. The van der Waals surface area contributed by atoms with Crippen LogP contribution >= 0.6 is 0 Å². The van der Waals surface area contributed by atoms with E-state index in [1.807, 2.05) is 12.1 Å². The zero-order chi connectivity index (χ0) is 13.0. The van der Waals surface area contributed by atoms with Crippen LogP contribution in [0.2, 0.25) is 0 Å². The minimum Gasteiger partial charge on any atom is -0.489 e. The smallest absolute Gasteiger partial charge is 0.336 e. The van der Waals surface area contributed by atoms with E-state index >= 15 is 0 Å². The molecule has 3 nitrogen and oxygen atoms in total. The molecule has 0 bridgehead atoms. The summed E-state index contributed by atoms with van der Waals surface area (Å²) in [5.74, 6) is 0.654. The Morgan fingerprint density at radius 1 is 1.22 bits per heavy atom. The van der Waals surface area contributed by atoms with E-state index in [0.29, 0.717) is 24.4 Å². The molecule has 0 aliphatic rings. The van der Waals surface area contributed by atoms with Crippen LogP contribution < -0.4 is 10.4 Å². The monoisotopic (exact) mass is 242 g/mol. The molecule has 0 radical (unpaired) electrons. The van der Waals surface area contributed by atoms with Gasteiger partial charge in [-0.3, -0.25) is 0 Å². The fourth-order valence-electron chi connectivity index (χ4n) is 1.78. The summed E-state index contributed by atoms with van der Waals surface area (Å²) in [6, 6.07) is 6.94. The first-order valence-electron chi connectivity index (χ1n) is 5.66. The summed E-state index contributed by atoms with van der Waals surface area (Å²) in [6.45, 7) is 7.68. The summed E-state index contributed by atoms with van der Waals surface area (Å²) in [6.07, 6.45) is 4.06. The molecule has 0 spiro atoms. The molecule has 0 atom stereocenters. The van der Waals surface area contributed by atoms with Gasteiger partial charge in [0.25, 0.3) is 0 Å². The lowest BCUT2D eigenvalue weighted by Gasteiger charge is -2.06. The molecule has 1 heterocycles. The highest BCUT2D eigenvalue weighted by Crippen LogP contribution is 2.23. The molecule has 0 unspecified atom stereocenters. The van der Waals surface area contributed by atoms with Gasteiger partial charge in [0.05, 0.1) is 0 Å². The van der Waals surface area contributed by atoms with Crippen molar-refractivity contribution in [2.75, 3.05) is 6.61 Å². The van der Waals surface area contributed by atoms with Gasteiger partial charge in [-0.2, -0.15) is 0 Å². The Bertz CT molecular complexity index is 638. The first kappa shape index (κ1) is 12.2. The van der Waals surface area contributed by atoms with Crippen molar-refractivity contribution in [3.8, 4) is 5.75 Å². The topological polar surface area (TPSA) is 39.4 Å². The molecule has 0 N–H and O–H groups in total. The third kappa shape index (κ3) is 2.51. The summed E-state index contributed by atoms with van der Waals surface area (Å²) in [4.78, 5) is 11.4. The predicted molar refractivity (Wildman–Crippen MR) is 72.1 cm³/mol. The number of hydrogen-bond donors (Lipinski definition) is 0. The Hall–Kier alpha value is -2.29. The van der Waals surface area contributed by atoms with Gasteiger partial charge in [0.2, 0.25) is 0 Å². The van der Waals surface area contributed by atoms with Crippen LogP contribution in [0.4, 0.5) is 0 Å². The third-order valence-corrected chi connectivity index (χ3v) is 2.53. The van der Waals surface area contributed by atoms with Crippen LogP contribution in [-0.4, -0.2) is 6.61 Å². The Kier molecular flexibility index (Phi) is 3.63. The number of rotatable bonds is 5. The van der Waals surface area contributed by atoms with Crippen molar-refractivity contribution in [2.45, 2.75) is 6.42 Å². The number of hydrogen-bond acceptors (Lipinski definition) is 3. The predicted octanol–water partition coefficient (Wildman–Crippen LogP) is 3.09. The second kappa shape index (κ2) is 5.36. The summed E-state index contributed by atoms with van der Waals surface area (Å²) >= 11 is 0. The quantitative estimate of drug-likeness (QED) is 0.597. The molecule has 1 aromatic heterocycles. The fraction of sp³-hybridized carbons (Fsp3) is 0.133. The van der Waals surface area contributed by atoms with E-state index in [4.69, 9.17) is 9.15 Å². The van der Waals surface area contributed by atoms with Crippen LogP contribution in [0, 0.1) is 0 Å². The van der Waals surface area contributed by atoms with Crippen LogP contribution in [0.5, 0.6) is 5.75 Å². The van der Waals surface area contributed by atoms with Gasteiger partial charge in [0.15, 0.2) is 0 Å². The summed E-state index contributed by atoms with van der Waals surface area (Å²) in [5.41, 5.74) is 1.08. The second-order valence-electron chi connectivity index (χ2n) is 3.84. The molecule has 3 heteroatoms. The van der Waals surface area contributed by atoms with Crippen molar-refractivity contribution < 1.29 is 9.15 Å². The van der Waals surface area contributed by atoms with E-state index in [2.05, 4.69) is 13.2 Å². The third-order valence-electron chi connectivity index (χ3n) is 2.53. The van der Waals surface area contributed by atoms with Crippen LogP contribution in [0.1, 0.15) is 5.56 Å². The first-order chi connectivity index (χ1) is 8.74. The molecular formula is C15H14O3. The Labute approximate surface area is 105 Å². The highest BCUT2D eigenvalue weighted by atomic mass is 16.5. The Morgan fingerprint density at radius 3 is 2.78 bits per heavy atom. The number of ether oxygens (including phenoxy) is 1. The van der Waals surface area contributed by atoms with Crippen molar-refractivity contribution in [2.24, 2.45) is 0 Å². The summed E-state index contributed by atoms with van der Waals surface area (Å²) < 4.78 is 10.6. The Morgan fingerprint density at radius 2 is 2.06 bits per heavy atom. The molecule has 0 amide bonds. The maximum atomic E-state index is 11.4. The normalized spacial score (nSPS) is 10.2. The largest absolute Gasteiger partial charge is 0.489 e. The number of fused-ring (bicyclic) bond motifs is 1. The molecule has 0 fully saturated rings. The van der Waals surface area contributed by atoms with E-state index in [1.54, 1.807) is 18.2 Å². The van der Waals surface area contributed by atoms with Gasteiger partial charge in [-0.15, -0.1) is 6.58 Å². The zero-order valence-corrected chi connectivity index (χ0v) is 10.0. The second-order valence-corrected chi connectivity index (χ2v) is 3.84. The lowest BCUT2D eigenvalue weighted by Crippen LogP contribution is -2.00. The number of allylic oxidation sites excluding steroid dienone is 1. The maximum Gasteiger partial charge on any atom is 0.336 e. The lowest BCUT2D eigenvalue weighted by atomic mass is 10.1. The van der Waals surface area contributed by atoms with Crippen molar-refractivity contribution >= 4 is 11.0 Å². The average molecular weight is 242 g/mol. The van der Waals surface area contributed by atoms with E-state index in [1.165, 1.54) is 6.07 Å². The van der Waals surface area contributed by atoms with Crippen LogP contribution in [0.25, 0.3) is 11.0 Å². The minimum atomic E-state index is -0.361. The summed E-state index contributed by atoms with van der Waals surface area (Å²) in [7, 11) is 0. The van der Waals surface area contributed by atoms with Gasteiger partial charge in [-0.1, -0.05) is 18.7 Å². The summed E-state index contributed by atoms with van der Waals surface area (Å²) in [5, 5.41) is 0.903. The molecule has 0 aliphatic heterocycles. The maximum absolute atomic E-state index is 11.4. The SMILES string of the molecule is C=CCOc1ccc2c(CC=C)cc(=O)oc2c1. The van der Waals surface area contributed by atoms with Gasteiger partial charge in [-0.25, -0.2) is 4.79 Å². The average Bonchev–Trinajstić information content (AvgIpc) is 2.36. The van der Waals surface area contributed by atoms with Crippen LogP contribution in [-0.2, 0) is 6.42 Å². The Balaban J connectivity index is 2.52.